The summed E-state index contributed by atoms with van der Waals surface area (Å²) in [5.74, 6) is 1.18. The molecule has 1 unspecified atom stereocenters. The van der Waals surface area contributed by atoms with Crippen molar-refractivity contribution >= 4 is 34.4 Å². The average Bonchev–Trinajstić information content (AvgIpc) is 3.57. The maximum absolute atomic E-state index is 13.6. The van der Waals surface area contributed by atoms with Gasteiger partial charge in [0.25, 0.3) is 5.56 Å². The highest BCUT2D eigenvalue weighted by Gasteiger charge is 2.47. The van der Waals surface area contributed by atoms with Crippen LogP contribution in [0.4, 0.5) is 11.8 Å². The molecule has 4 N–H and O–H groups in total. The monoisotopic (exact) mass is 514 g/mol. The zero-order valence-electron chi connectivity index (χ0n) is 20.4. The summed E-state index contributed by atoms with van der Waals surface area (Å²) >= 11 is 6.76. The third-order valence-electron chi connectivity index (χ3n) is 8.26. The molecule has 3 aromatic rings. The van der Waals surface area contributed by atoms with Gasteiger partial charge >= 0.3 is 0 Å². The number of aliphatic hydroxyl groups excluding tert-OH is 1. The zero-order chi connectivity index (χ0) is 25.2. The molecule has 3 aromatic heterocycles. The van der Waals surface area contributed by atoms with Crippen molar-refractivity contribution in [2.45, 2.75) is 44.4 Å². The fraction of sp³-hybridized carbons (Fsp3) is 0.583. The van der Waals surface area contributed by atoms with Crippen LogP contribution in [0.2, 0.25) is 5.02 Å². The molecule has 0 bridgehead atoms. The Hall–Kier alpha value is -2.73. The van der Waals surface area contributed by atoms with Crippen molar-refractivity contribution in [3.63, 3.8) is 0 Å². The van der Waals surface area contributed by atoms with Gasteiger partial charge in [-0.3, -0.25) is 14.5 Å². The van der Waals surface area contributed by atoms with Crippen molar-refractivity contribution in [3.8, 4) is 11.3 Å². The van der Waals surface area contributed by atoms with Crippen LogP contribution in [0.3, 0.4) is 0 Å². The number of aromatic amines is 1. The van der Waals surface area contributed by atoms with Gasteiger partial charge in [0.05, 0.1) is 29.5 Å². The van der Waals surface area contributed by atoms with Gasteiger partial charge in [0, 0.05) is 56.4 Å². The number of rotatable bonds is 3. The van der Waals surface area contributed by atoms with Gasteiger partial charge < -0.3 is 25.4 Å². The Morgan fingerprint density at radius 1 is 1.28 bits per heavy atom. The smallest absolute Gasteiger partial charge is 0.266 e. The van der Waals surface area contributed by atoms with Gasteiger partial charge in [-0.2, -0.15) is 10.1 Å². The number of hydrogen-bond donors (Lipinski definition) is 3. The molecule has 12 heteroatoms. The number of ether oxygens (including phenoxy) is 1. The van der Waals surface area contributed by atoms with Crippen LogP contribution in [-0.2, 0) is 11.8 Å². The van der Waals surface area contributed by atoms with Crippen molar-refractivity contribution in [3.05, 3.63) is 27.6 Å². The van der Waals surface area contributed by atoms with Crippen molar-refractivity contribution in [1.82, 2.24) is 24.7 Å². The van der Waals surface area contributed by atoms with Gasteiger partial charge in [-0.05, 0) is 32.3 Å². The third kappa shape index (κ3) is 3.60. The van der Waals surface area contributed by atoms with Gasteiger partial charge in [-0.25, -0.2) is 4.98 Å². The zero-order valence-corrected chi connectivity index (χ0v) is 21.2. The number of piperidine rings is 1. The second-order valence-corrected chi connectivity index (χ2v) is 10.7. The van der Waals surface area contributed by atoms with E-state index in [0.29, 0.717) is 65.2 Å². The lowest BCUT2D eigenvalue weighted by Crippen LogP contribution is -2.51. The predicted molar refractivity (Wildman–Crippen MR) is 137 cm³/mol. The van der Waals surface area contributed by atoms with Crippen LogP contribution >= 0.6 is 11.6 Å². The van der Waals surface area contributed by atoms with E-state index in [1.165, 1.54) is 0 Å². The molecule has 3 aliphatic rings. The van der Waals surface area contributed by atoms with E-state index < -0.39 is 6.10 Å². The van der Waals surface area contributed by atoms with Crippen LogP contribution in [-0.4, -0.2) is 80.9 Å². The second-order valence-electron chi connectivity index (χ2n) is 10.3. The van der Waals surface area contributed by atoms with E-state index in [9.17, 15) is 9.90 Å². The Kier molecular flexibility index (Phi) is 5.71. The molecule has 3 atom stereocenters. The molecule has 3 aliphatic heterocycles. The lowest BCUT2D eigenvalue weighted by molar-refractivity contribution is 0.0973. The Balaban J connectivity index is 1.33. The number of aromatic nitrogens is 5. The van der Waals surface area contributed by atoms with Crippen LogP contribution in [0.5, 0.6) is 0 Å². The normalized spacial score (nSPS) is 26.0. The summed E-state index contributed by atoms with van der Waals surface area (Å²) in [6.07, 6.45) is 3.76. The summed E-state index contributed by atoms with van der Waals surface area (Å²) in [6.45, 7) is 5.34. The van der Waals surface area contributed by atoms with Gasteiger partial charge in [0.2, 0.25) is 5.95 Å². The van der Waals surface area contributed by atoms with Gasteiger partial charge in [0.1, 0.15) is 11.2 Å². The van der Waals surface area contributed by atoms with Crippen LogP contribution in [0.25, 0.3) is 22.3 Å². The highest BCUT2D eigenvalue weighted by atomic mass is 35.5. The van der Waals surface area contributed by atoms with Crippen LogP contribution in [0.15, 0.2) is 17.1 Å². The van der Waals surface area contributed by atoms with E-state index in [4.69, 9.17) is 27.1 Å². The van der Waals surface area contributed by atoms with E-state index in [2.05, 4.69) is 20.1 Å². The first kappa shape index (κ1) is 23.7. The van der Waals surface area contributed by atoms with Gasteiger partial charge in [0.15, 0.2) is 5.65 Å². The number of H-pyrrole nitrogens is 1. The highest BCUT2D eigenvalue weighted by Crippen LogP contribution is 2.42. The Labute approximate surface area is 213 Å². The third-order valence-corrected chi connectivity index (χ3v) is 8.64. The summed E-state index contributed by atoms with van der Waals surface area (Å²) in [4.78, 5) is 26.9. The predicted octanol–water partition coefficient (Wildman–Crippen LogP) is 1.28. The fourth-order valence-electron chi connectivity index (χ4n) is 5.93. The molecule has 0 aliphatic carbocycles. The Morgan fingerprint density at radius 3 is 2.72 bits per heavy atom. The van der Waals surface area contributed by atoms with Gasteiger partial charge in [-0.15, -0.1) is 0 Å². The van der Waals surface area contributed by atoms with E-state index in [0.717, 1.165) is 25.9 Å². The molecular weight excluding hydrogens is 484 g/mol. The van der Waals surface area contributed by atoms with E-state index in [1.54, 1.807) is 23.9 Å². The minimum Gasteiger partial charge on any atom is -0.391 e. The molecular formula is C24H31ClN8O3. The molecule has 3 fully saturated rings. The first-order valence-corrected chi connectivity index (χ1v) is 12.8. The molecule has 11 nitrogen and oxygen atoms in total. The molecule has 36 heavy (non-hydrogen) atoms. The van der Waals surface area contributed by atoms with Crippen LogP contribution < -0.4 is 21.1 Å². The first-order chi connectivity index (χ1) is 17.3. The molecule has 0 aromatic carbocycles. The minimum atomic E-state index is -0.403. The summed E-state index contributed by atoms with van der Waals surface area (Å²) in [7, 11) is 1.74. The Morgan fingerprint density at radius 2 is 2.06 bits per heavy atom. The number of anilines is 2. The number of nitrogens with two attached hydrogens (primary N) is 1. The standard InChI is InChI=1S/C24H31ClN8O3/c1-13-19(26)24(12-36-13)5-9-32(10-6-24)23-28-20-16(22(35)31(23)2)18(29-30-20)15-3-7-27-21(17(15)25)33-8-4-14(34)11-33/h3,7,13-14,19,34H,4-6,8-12,26H2,1-2H3,(H,29,30)/t13-,14?,19+/m0/s1. The van der Waals surface area contributed by atoms with Crippen LogP contribution in [0, 0.1) is 5.41 Å². The maximum Gasteiger partial charge on any atom is 0.266 e. The maximum atomic E-state index is 13.6. The Bertz CT molecular complexity index is 1370. The average molecular weight is 515 g/mol. The minimum absolute atomic E-state index is 0.0143. The fourth-order valence-corrected chi connectivity index (χ4v) is 6.25. The van der Waals surface area contributed by atoms with Gasteiger partial charge in [-0.1, -0.05) is 11.6 Å². The summed E-state index contributed by atoms with van der Waals surface area (Å²) in [5.41, 5.74) is 7.75. The number of aliphatic hydroxyl groups is 1. The molecule has 0 radical (unpaired) electrons. The lowest BCUT2D eigenvalue weighted by Gasteiger charge is -2.41. The topological polar surface area (TPSA) is 138 Å². The number of nitrogens with one attached hydrogen (secondary N) is 1. The number of β-amino-alcohol motifs (C(OH)–C–C–N with tert-alkyl or cyclic N) is 1. The number of halogens is 1. The molecule has 1 spiro atoms. The number of fused-ring (bicyclic) bond motifs is 1. The number of hydrogen-bond acceptors (Lipinski definition) is 9. The summed E-state index contributed by atoms with van der Waals surface area (Å²) in [5, 5.41) is 18.1. The summed E-state index contributed by atoms with van der Waals surface area (Å²) in [6, 6.07) is 1.78. The van der Waals surface area contributed by atoms with Crippen molar-refractivity contribution in [2.75, 3.05) is 42.6 Å². The second kappa shape index (κ2) is 8.69. The number of nitrogens with zero attached hydrogens (tertiary/aromatic N) is 6. The van der Waals surface area contributed by atoms with E-state index in [1.807, 2.05) is 11.8 Å². The molecule has 6 heterocycles. The molecule has 192 valence electrons. The quantitative estimate of drug-likeness (QED) is 0.471. The number of pyridine rings is 1. The van der Waals surface area contributed by atoms with Crippen LogP contribution in [0.1, 0.15) is 26.2 Å². The van der Waals surface area contributed by atoms with Crippen molar-refractivity contribution < 1.29 is 9.84 Å². The molecule has 0 saturated carbocycles. The highest BCUT2D eigenvalue weighted by molar-refractivity contribution is 6.36. The largest absolute Gasteiger partial charge is 0.391 e. The lowest BCUT2D eigenvalue weighted by atomic mass is 9.73. The van der Waals surface area contributed by atoms with E-state index in [-0.39, 0.29) is 23.1 Å². The SMILES string of the molecule is C[C@@H]1OCC2(CCN(c3nc4n[nH]c(-c5ccnc(N6CCC(O)C6)c5Cl)c4c(=O)n3C)CC2)[C@@H]1N. The molecule has 0 amide bonds. The molecule has 3 saturated heterocycles. The molecule has 6 rings (SSSR count). The summed E-state index contributed by atoms with van der Waals surface area (Å²) < 4.78 is 7.42. The van der Waals surface area contributed by atoms with Crippen molar-refractivity contribution in [2.24, 2.45) is 18.2 Å². The first-order valence-electron chi connectivity index (χ1n) is 12.4. The van der Waals surface area contributed by atoms with Crippen molar-refractivity contribution in [1.29, 1.82) is 0 Å². The van der Waals surface area contributed by atoms with E-state index >= 15 is 0 Å².